The van der Waals surface area contributed by atoms with Crippen molar-refractivity contribution in [3.63, 3.8) is 0 Å². The van der Waals surface area contributed by atoms with E-state index in [-0.39, 0.29) is 18.5 Å². The Morgan fingerprint density at radius 3 is 2.56 bits per heavy atom. The van der Waals surface area contributed by atoms with Crippen molar-refractivity contribution in [1.82, 2.24) is 25.3 Å². The van der Waals surface area contributed by atoms with Gasteiger partial charge < -0.3 is 15.0 Å². The quantitative estimate of drug-likeness (QED) is 0.323. The number of methoxy groups -OCH3 is 1. The monoisotopic (exact) mass is 525 g/mol. The predicted molar refractivity (Wildman–Crippen MR) is 148 cm³/mol. The lowest BCUT2D eigenvalue weighted by atomic mass is 9.98. The number of carbonyl (C=O) groups is 3. The first-order valence-corrected chi connectivity index (χ1v) is 12.8. The minimum absolute atomic E-state index is 0.131. The van der Waals surface area contributed by atoms with E-state index in [0.717, 1.165) is 38.7 Å². The highest BCUT2D eigenvalue weighted by Gasteiger charge is 2.30. The summed E-state index contributed by atoms with van der Waals surface area (Å²) in [6, 6.07) is 16.7. The van der Waals surface area contributed by atoms with Crippen LogP contribution in [0.3, 0.4) is 0 Å². The summed E-state index contributed by atoms with van der Waals surface area (Å²) in [5, 5.41) is 10.7. The maximum atomic E-state index is 13.1. The summed E-state index contributed by atoms with van der Waals surface area (Å²) in [7, 11) is 1.56. The molecular weight excluding hydrogens is 494 g/mol. The summed E-state index contributed by atoms with van der Waals surface area (Å²) in [4.78, 5) is 38.0. The molecule has 2 heterocycles. The first-order chi connectivity index (χ1) is 18.8. The molecule has 4 amide bonds. The zero-order valence-electron chi connectivity index (χ0n) is 22.4. The van der Waals surface area contributed by atoms with E-state index in [1.807, 2.05) is 41.1 Å². The number of urea groups is 1. The van der Waals surface area contributed by atoms with E-state index in [1.54, 1.807) is 18.1 Å². The van der Waals surface area contributed by atoms with Crippen molar-refractivity contribution < 1.29 is 19.1 Å². The third kappa shape index (κ3) is 5.20. The fraction of sp³-hybridized carbons (Fsp3) is 0.267. The molecule has 9 heteroatoms. The first kappa shape index (κ1) is 26.0. The van der Waals surface area contributed by atoms with Crippen LogP contribution in [0.2, 0.25) is 0 Å². The second kappa shape index (κ2) is 10.6. The normalized spacial score (nSPS) is 13.5. The second-order valence-corrected chi connectivity index (χ2v) is 10.1. The van der Waals surface area contributed by atoms with Crippen molar-refractivity contribution in [3.8, 4) is 16.9 Å². The van der Waals surface area contributed by atoms with Crippen molar-refractivity contribution in [2.24, 2.45) is 0 Å². The molecule has 0 bridgehead atoms. The Kier molecular flexibility index (Phi) is 7.06. The number of aromatic nitrogens is 2. The standard InChI is InChI=1S/C30H31N5O4/c1-18(2)35-15-24-12-23(11-19(3)28(24)33-35)20-5-7-21(8-6-20)27(32-30(38)31-17-36)16-34-14-22-9-10-25(39-4)13-26(22)29(34)37/h5-13,15,17-18,27H,14,16H2,1-4H3,(H2,31,32,36,38)/t27-/m0/s1. The molecule has 3 aromatic carbocycles. The van der Waals surface area contributed by atoms with Crippen LogP contribution in [0, 0.1) is 6.92 Å². The van der Waals surface area contributed by atoms with E-state index in [0.29, 0.717) is 24.3 Å². The summed E-state index contributed by atoms with van der Waals surface area (Å²) in [6.07, 6.45) is 2.40. The Morgan fingerprint density at radius 1 is 1.10 bits per heavy atom. The molecular formula is C30H31N5O4. The van der Waals surface area contributed by atoms with Crippen molar-refractivity contribution in [2.75, 3.05) is 13.7 Å². The largest absolute Gasteiger partial charge is 0.497 e. The Morgan fingerprint density at radius 2 is 1.87 bits per heavy atom. The molecule has 0 fully saturated rings. The Bertz CT molecular complexity index is 1560. The van der Waals surface area contributed by atoms with Gasteiger partial charge in [-0.15, -0.1) is 0 Å². The molecule has 0 saturated heterocycles. The van der Waals surface area contributed by atoms with Crippen molar-refractivity contribution in [3.05, 3.63) is 83.0 Å². The molecule has 0 saturated carbocycles. The topological polar surface area (TPSA) is 106 Å². The third-order valence-corrected chi connectivity index (χ3v) is 7.09. The molecule has 0 aliphatic carbocycles. The van der Waals surface area contributed by atoms with Gasteiger partial charge in [0.05, 0.1) is 18.7 Å². The number of nitrogens with one attached hydrogen (secondary N) is 2. The molecule has 0 radical (unpaired) electrons. The lowest BCUT2D eigenvalue weighted by Gasteiger charge is -2.25. The molecule has 1 aliphatic rings. The fourth-order valence-electron chi connectivity index (χ4n) is 4.99. The molecule has 1 aliphatic heterocycles. The number of amides is 4. The lowest BCUT2D eigenvalue weighted by Crippen LogP contribution is -2.42. The smallest absolute Gasteiger partial charge is 0.321 e. The number of imide groups is 1. The number of hydrogen-bond donors (Lipinski definition) is 2. The predicted octanol–water partition coefficient (Wildman–Crippen LogP) is 4.75. The summed E-state index contributed by atoms with van der Waals surface area (Å²) >= 11 is 0. The third-order valence-electron chi connectivity index (χ3n) is 7.09. The van der Waals surface area contributed by atoms with E-state index in [9.17, 15) is 14.4 Å². The SMILES string of the molecule is COc1ccc2c(c1)C(=O)N(C[C@H](NC(=O)NC=O)c1ccc(-c3cc(C)c4nn(C(C)C)cc4c3)cc1)C2. The van der Waals surface area contributed by atoms with Gasteiger partial charge in [-0.25, -0.2) is 4.79 Å². The highest BCUT2D eigenvalue weighted by molar-refractivity contribution is 5.98. The van der Waals surface area contributed by atoms with E-state index >= 15 is 0 Å². The zero-order valence-corrected chi connectivity index (χ0v) is 22.4. The van der Waals surface area contributed by atoms with Crippen LogP contribution in [0.1, 0.15) is 53.0 Å². The lowest BCUT2D eigenvalue weighted by molar-refractivity contribution is -0.108. The number of rotatable bonds is 8. The van der Waals surface area contributed by atoms with Gasteiger partial charge in [0.25, 0.3) is 5.91 Å². The summed E-state index contributed by atoms with van der Waals surface area (Å²) in [6.45, 7) is 6.93. The van der Waals surface area contributed by atoms with E-state index in [1.165, 1.54) is 0 Å². The van der Waals surface area contributed by atoms with Crippen molar-refractivity contribution in [2.45, 2.75) is 39.4 Å². The van der Waals surface area contributed by atoms with Crippen molar-refractivity contribution >= 4 is 29.3 Å². The zero-order chi connectivity index (χ0) is 27.7. The number of carbonyl (C=O) groups excluding carboxylic acids is 3. The highest BCUT2D eigenvalue weighted by atomic mass is 16.5. The van der Waals surface area contributed by atoms with E-state index < -0.39 is 12.1 Å². The van der Waals surface area contributed by atoms with Gasteiger partial charge in [0.1, 0.15) is 5.75 Å². The number of ether oxygens (including phenoxy) is 1. The van der Waals surface area contributed by atoms with Crippen LogP contribution in [0.15, 0.2) is 60.8 Å². The molecule has 5 rings (SSSR count). The molecule has 9 nitrogen and oxygen atoms in total. The van der Waals surface area contributed by atoms with Gasteiger partial charge in [0, 0.05) is 36.3 Å². The number of aryl methyl sites for hydroxylation is 1. The van der Waals surface area contributed by atoms with Crippen LogP contribution in [-0.2, 0) is 11.3 Å². The maximum absolute atomic E-state index is 13.1. The number of fused-ring (bicyclic) bond motifs is 2. The average molecular weight is 526 g/mol. The van der Waals surface area contributed by atoms with Crippen molar-refractivity contribution in [1.29, 1.82) is 0 Å². The van der Waals surface area contributed by atoms with Gasteiger partial charge in [0.2, 0.25) is 6.41 Å². The molecule has 0 unspecified atom stereocenters. The van der Waals surface area contributed by atoms with Gasteiger partial charge in [-0.3, -0.25) is 19.6 Å². The second-order valence-electron chi connectivity index (χ2n) is 10.1. The number of hydrogen-bond acceptors (Lipinski definition) is 5. The Balaban J connectivity index is 1.41. The van der Waals surface area contributed by atoms with Gasteiger partial charge in [-0.1, -0.05) is 30.3 Å². The fourth-order valence-corrected chi connectivity index (χ4v) is 4.99. The van der Waals surface area contributed by atoms with Gasteiger partial charge in [0.15, 0.2) is 0 Å². The van der Waals surface area contributed by atoms with Crippen LogP contribution in [0.25, 0.3) is 22.0 Å². The summed E-state index contributed by atoms with van der Waals surface area (Å²) < 4.78 is 7.24. The minimum Gasteiger partial charge on any atom is -0.497 e. The molecule has 39 heavy (non-hydrogen) atoms. The Hall–Kier alpha value is -4.66. The summed E-state index contributed by atoms with van der Waals surface area (Å²) in [5.41, 5.74) is 6.48. The molecule has 0 spiro atoms. The number of nitrogens with zero attached hydrogens (tertiary/aromatic N) is 3. The highest BCUT2D eigenvalue weighted by Crippen LogP contribution is 2.31. The van der Waals surface area contributed by atoms with Gasteiger partial charge in [-0.05, 0) is 72.9 Å². The first-order valence-electron chi connectivity index (χ1n) is 12.8. The Labute approximate surface area is 226 Å². The van der Waals surface area contributed by atoms with Gasteiger partial charge in [-0.2, -0.15) is 5.10 Å². The van der Waals surface area contributed by atoms with E-state index in [4.69, 9.17) is 9.84 Å². The van der Waals surface area contributed by atoms with Gasteiger partial charge >= 0.3 is 6.03 Å². The van der Waals surface area contributed by atoms with Crippen LogP contribution >= 0.6 is 0 Å². The van der Waals surface area contributed by atoms with Crippen LogP contribution in [-0.4, -0.2) is 46.7 Å². The van der Waals surface area contributed by atoms with Crippen LogP contribution < -0.4 is 15.4 Å². The number of benzene rings is 3. The van der Waals surface area contributed by atoms with Crippen LogP contribution in [0.5, 0.6) is 5.75 Å². The molecule has 200 valence electrons. The molecule has 4 aromatic rings. The molecule has 1 atom stereocenters. The van der Waals surface area contributed by atoms with E-state index in [2.05, 4.69) is 49.7 Å². The minimum atomic E-state index is -0.631. The summed E-state index contributed by atoms with van der Waals surface area (Å²) in [5.74, 6) is 0.485. The van der Waals surface area contributed by atoms with Crippen LogP contribution in [0.4, 0.5) is 4.79 Å². The molecule has 2 N–H and O–H groups in total. The average Bonchev–Trinajstić information content (AvgIpc) is 3.50. The maximum Gasteiger partial charge on any atom is 0.321 e. The molecule has 1 aromatic heterocycles.